The second-order valence-corrected chi connectivity index (χ2v) is 9.55. The fourth-order valence-electron chi connectivity index (χ4n) is 2.21. The van der Waals surface area contributed by atoms with Gasteiger partial charge in [-0.1, -0.05) is 20.8 Å². The number of anilines is 2. The van der Waals surface area contributed by atoms with Crippen molar-refractivity contribution >= 4 is 33.3 Å². The van der Waals surface area contributed by atoms with Crippen LogP contribution in [0.1, 0.15) is 45.0 Å². The first-order valence-electron chi connectivity index (χ1n) is 9.14. The predicted molar refractivity (Wildman–Crippen MR) is 112 cm³/mol. The summed E-state index contributed by atoms with van der Waals surface area (Å²) in [4.78, 5) is 23.9. The van der Waals surface area contributed by atoms with Gasteiger partial charge in [-0.05, 0) is 62.4 Å². The summed E-state index contributed by atoms with van der Waals surface area (Å²) in [6, 6.07) is 11.9. The quantitative estimate of drug-likeness (QED) is 0.690. The molecule has 0 aliphatic rings. The van der Waals surface area contributed by atoms with Crippen LogP contribution >= 0.6 is 0 Å². The van der Waals surface area contributed by atoms with Crippen molar-refractivity contribution < 1.29 is 22.7 Å². The lowest BCUT2D eigenvalue weighted by atomic mass is 9.95. The van der Waals surface area contributed by atoms with E-state index in [4.69, 9.17) is 4.74 Å². The topological polar surface area (TPSA) is 102 Å². The lowest BCUT2D eigenvalue weighted by Gasteiger charge is -2.17. The molecule has 2 rings (SSSR count). The number of carbonyl (C=O) groups excluding carboxylic acids is 2. The van der Waals surface area contributed by atoms with Gasteiger partial charge in [0.25, 0.3) is 10.0 Å². The van der Waals surface area contributed by atoms with E-state index in [1.54, 1.807) is 58.9 Å². The Bertz CT molecular complexity index is 973. The Balaban J connectivity index is 2.09. The molecule has 2 aromatic carbocycles. The largest absolute Gasteiger partial charge is 0.459 e. The zero-order chi connectivity index (χ0) is 21.8. The highest BCUT2D eigenvalue weighted by Gasteiger charge is 2.21. The van der Waals surface area contributed by atoms with Gasteiger partial charge in [0.05, 0.1) is 16.6 Å². The molecule has 2 N–H and O–H groups in total. The number of hydrogen-bond acceptors (Lipinski definition) is 5. The molecule has 156 valence electrons. The minimum absolute atomic E-state index is 0.0173. The van der Waals surface area contributed by atoms with Crippen LogP contribution in [0, 0.1) is 5.41 Å². The van der Waals surface area contributed by atoms with Crippen molar-refractivity contribution in [2.24, 2.45) is 5.41 Å². The Morgan fingerprint density at radius 2 is 1.41 bits per heavy atom. The van der Waals surface area contributed by atoms with E-state index in [1.807, 2.05) is 0 Å². The summed E-state index contributed by atoms with van der Waals surface area (Å²) in [5.74, 6) is -0.647. The van der Waals surface area contributed by atoms with Gasteiger partial charge in [0, 0.05) is 16.8 Å². The van der Waals surface area contributed by atoms with Gasteiger partial charge >= 0.3 is 5.97 Å². The van der Waals surface area contributed by atoms with Gasteiger partial charge in [-0.3, -0.25) is 9.52 Å². The third-order valence-electron chi connectivity index (χ3n) is 3.82. The molecular weight excluding hydrogens is 392 g/mol. The highest BCUT2D eigenvalue weighted by molar-refractivity contribution is 7.92. The minimum Gasteiger partial charge on any atom is -0.459 e. The third kappa shape index (κ3) is 6.32. The number of benzene rings is 2. The first-order chi connectivity index (χ1) is 13.4. The number of amides is 1. The zero-order valence-electron chi connectivity index (χ0n) is 17.1. The summed E-state index contributed by atoms with van der Waals surface area (Å²) in [5, 5.41) is 2.77. The van der Waals surface area contributed by atoms with Crippen LogP contribution in [-0.4, -0.2) is 26.4 Å². The van der Waals surface area contributed by atoms with Crippen molar-refractivity contribution in [2.45, 2.75) is 45.6 Å². The molecule has 0 radical (unpaired) electrons. The molecule has 0 saturated heterocycles. The molecule has 0 aliphatic carbocycles. The van der Waals surface area contributed by atoms with Crippen molar-refractivity contribution in [1.82, 2.24) is 0 Å². The average molecular weight is 419 g/mol. The summed E-state index contributed by atoms with van der Waals surface area (Å²) in [7, 11) is -3.83. The first-order valence-corrected chi connectivity index (χ1v) is 10.6. The molecule has 2 aromatic rings. The second kappa shape index (κ2) is 8.65. The monoisotopic (exact) mass is 418 g/mol. The van der Waals surface area contributed by atoms with Gasteiger partial charge in [-0.2, -0.15) is 0 Å². The molecule has 1 amide bonds. The molecule has 0 spiro atoms. The molecular formula is C21H26N2O5S. The maximum atomic E-state index is 12.6. The average Bonchev–Trinajstić information content (AvgIpc) is 2.62. The van der Waals surface area contributed by atoms with Crippen molar-refractivity contribution in [3.8, 4) is 0 Å². The van der Waals surface area contributed by atoms with Crippen molar-refractivity contribution in [3.05, 3.63) is 54.1 Å². The van der Waals surface area contributed by atoms with Crippen LogP contribution in [0.3, 0.4) is 0 Å². The normalized spacial score (nSPS) is 11.8. The van der Waals surface area contributed by atoms with Crippen LogP contribution in [0.4, 0.5) is 11.4 Å². The van der Waals surface area contributed by atoms with E-state index in [2.05, 4.69) is 10.0 Å². The number of sulfonamides is 1. The SMILES string of the molecule is CC(C)OC(=O)c1ccc(S(=O)(=O)Nc2ccc(NC(=O)C(C)(C)C)cc2)cc1. The first kappa shape index (κ1) is 22.4. The van der Waals surface area contributed by atoms with Crippen molar-refractivity contribution in [2.75, 3.05) is 10.0 Å². The molecule has 0 bridgehead atoms. The van der Waals surface area contributed by atoms with Gasteiger partial charge in [-0.15, -0.1) is 0 Å². The van der Waals surface area contributed by atoms with E-state index in [1.165, 1.54) is 24.3 Å². The standard InChI is InChI=1S/C21H26N2O5S/c1-14(2)28-19(24)15-6-12-18(13-7-15)29(26,27)23-17-10-8-16(9-11-17)22-20(25)21(3,4)5/h6-14,23H,1-5H3,(H,22,25). The van der Waals surface area contributed by atoms with Gasteiger partial charge in [0.1, 0.15) is 0 Å². The summed E-state index contributed by atoms with van der Waals surface area (Å²) in [5.41, 5.74) is 0.660. The van der Waals surface area contributed by atoms with E-state index < -0.39 is 21.4 Å². The summed E-state index contributed by atoms with van der Waals surface area (Å²) in [6.45, 7) is 8.89. The lowest BCUT2D eigenvalue weighted by molar-refractivity contribution is -0.123. The van der Waals surface area contributed by atoms with Crippen molar-refractivity contribution in [1.29, 1.82) is 0 Å². The summed E-state index contributed by atoms with van der Waals surface area (Å²) in [6.07, 6.45) is -0.260. The Morgan fingerprint density at radius 3 is 1.90 bits per heavy atom. The molecule has 0 aromatic heterocycles. The van der Waals surface area contributed by atoms with Gasteiger partial charge in [0.2, 0.25) is 5.91 Å². The van der Waals surface area contributed by atoms with Crippen LogP contribution in [0.15, 0.2) is 53.4 Å². The highest BCUT2D eigenvalue weighted by atomic mass is 32.2. The predicted octanol–water partition coefficient (Wildman–Crippen LogP) is 4.04. The maximum absolute atomic E-state index is 12.6. The molecule has 0 fully saturated rings. The van der Waals surface area contributed by atoms with E-state index >= 15 is 0 Å². The number of rotatable bonds is 6. The Hall–Kier alpha value is -2.87. The third-order valence-corrected chi connectivity index (χ3v) is 5.22. The van der Waals surface area contributed by atoms with E-state index in [0.29, 0.717) is 11.4 Å². The molecule has 0 unspecified atom stereocenters. The van der Waals surface area contributed by atoms with Crippen LogP contribution in [0.5, 0.6) is 0 Å². The summed E-state index contributed by atoms with van der Waals surface area (Å²) >= 11 is 0. The molecule has 0 aliphatic heterocycles. The zero-order valence-corrected chi connectivity index (χ0v) is 18.0. The maximum Gasteiger partial charge on any atom is 0.338 e. The smallest absolute Gasteiger partial charge is 0.338 e. The minimum atomic E-state index is -3.83. The van der Waals surface area contributed by atoms with Crippen LogP contribution in [-0.2, 0) is 19.6 Å². The fourth-order valence-corrected chi connectivity index (χ4v) is 3.27. The molecule has 29 heavy (non-hydrogen) atoms. The highest BCUT2D eigenvalue weighted by Crippen LogP contribution is 2.21. The van der Waals surface area contributed by atoms with Crippen LogP contribution in [0.2, 0.25) is 0 Å². The molecule has 0 saturated carbocycles. The number of hydrogen-bond donors (Lipinski definition) is 2. The fraction of sp³-hybridized carbons (Fsp3) is 0.333. The Morgan fingerprint density at radius 1 is 0.897 bits per heavy atom. The molecule has 7 nitrogen and oxygen atoms in total. The molecule has 0 heterocycles. The van der Waals surface area contributed by atoms with Gasteiger partial charge < -0.3 is 10.1 Å². The Labute approximate surface area is 171 Å². The van der Waals surface area contributed by atoms with E-state index in [9.17, 15) is 18.0 Å². The van der Waals surface area contributed by atoms with Crippen LogP contribution in [0.25, 0.3) is 0 Å². The number of nitrogens with one attached hydrogen (secondary N) is 2. The van der Waals surface area contributed by atoms with Crippen molar-refractivity contribution in [3.63, 3.8) is 0 Å². The summed E-state index contributed by atoms with van der Waals surface area (Å²) < 4.78 is 32.7. The lowest BCUT2D eigenvalue weighted by Crippen LogP contribution is -2.27. The number of ether oxygens (including phenoxy) is 1. The van der Waals surface area contributed by atoms with Gasteiger partial charge in [0.15, 0.2) is 0 Å². The van der Waals surface area contributed by atoms with Gasteiger partial charge in [-0.25, -0.2) is 13.2 Å². The molecule has 0 atom stereocenters. The van der Waals surface area contributed by atoms with E-state index in [0.717, 1.165) is 0 Å². The Kier molecular flexibility index (Phi) is 6.69. The molecule has 8 heteroatoms. The van der Waals surface area contributed by atoms with E-state index in [-0.39, 0.29) is 22.5 Å². The number of esters is 1. The number of carbonyl (C=O) groups is 2. The van der Waals surface area contributed by atoms with Crippen LogP contribution < -0.4 is 10.0 Å². The second-order valence-electron chi connectivity index (χ2n) is 7.87.